The van der Waals surface area contributed by atoms with Crippen molar-refractivity contribution in [1.82, 2.24) is 9.47 Å². The van der Waals surface area contributed by atoms with E-state index >= 15 is 0 Å². The number of carbonyl (C=O) groups excluding carboxylic acids is 1. The van der Waals surface area contributed by atoms with E-state index in [-0.39, 0.29) is 12.1 Å². The predicted octanol–water partition coefficient (Wildman–Crippen LogP) is 5.28. The lowest BCUT2D eigenvalue weighted by molar-refractivity contribution is 0.167. The Labute approximate surface area is 164 Å². The zero-order valence-electron chi connectivity index (χ0n) is 15.2. The van der Waals surface area contributed by atoms with E-state index < -0.39 is 0 Å². The Kier molecular flexibility index (Phi) is 4.90. The molecule has 0 fully saturated rings. The van der Waals surface area contributed by atoms with Gasteiger partial charge in [0, 0.05) is 35.7 Å². The Hall–Kier alpha value is -2.72. The van der Waals surface area contributed by atoms with Crippen LogP contribution in [0.4, 0.5) is 10.5 Å². The normalized spacial score (nSPS) is 16.1. The lowest BCUT2D eigenvalue weighted by Gasteiger charge is -2.37. The molecule has 4 nitrogen and oxygen atoms in total. The van der Waals surface area contributed by atoms with E-state index in [4.69, 9.17) is 11.6 Å². The van der Waals surface area contributed by atoms with Crippen molar-refractivity contribution >= 4 is 23.3 Å². The fraction of sp³-hybridized carbons (Fsp3) is 0.227. The van der Waals surface area contributed by atoms with Crippen LogP contribution in [-0.2, 0) is 13.0 Å². The van der Waals surface area contributed by atoms with E-state index in [0.717, 1.165) is 24.2 Å². The maximum absolute atomic E-state index is 13.1. The average Bonchev–Trinajstić information content (AvgIpc) is 3.15. The largest absolute Gasteiger partial charge is 0.348 e. The second-order valence-electron chi connectivity index (χ2n) is 6.92. The number of nitrogens with one attached hydrogen (secondary N) is 1. The van der Waals surface area contributed by atoms with Crippen LogP contribution >= 0.6 is 11.6 Å². The summed E-state index contributed by atoms with van der Waals surface area (Å²) < 4.78 is 2.24. The SMILES string of the molecule is Cc1ccc(NC(=O)N2CCn3cccc3[C@H]2Cc2ccccc2)cc1Cl. The molecule has 2 heterocycles. The Bertz CT molecular complexity index is 951. The molecule has 0 spiro atoms. The lowest BCUT2D eigenvalue weighted by Crippen LogP contribution is -2.44. The highest BCUT2D eigenvalue weighted by molar-refractivity contribution is 6.31. The van der Waals surface area contributed by atoms with Gasteiger partial charge in [-0.25, -0.2) is 4.79 Å². The van der Waals surface area contributed by atoms with Gasteiger partial charge in [-0.3, -0.25) is 0 Å². The van der Waals surface area contributed by atoms with Gasteiger partial charge >= 0.3 is 6.03 Å². The number of halogens is 1. The highest BCUT2D eigenvalue weighted by Gasteiger charge is 2.31. The van der Waals surface area contributed by atoms with Crippen molar-refractivity contribution in [2.75, 3.05) is 11.9 Å². The number of aryl methyl sites for hydroxylation is 1. The van der Waals surface area contributed by atoms with Crippen LogP contribution < -0.4 is 5.32 Å². The Balaban J connectivity index is 1.59. The highest BCUT2D eigenvalue weighted by Crippen LogP contribution is 2.30. The van der Waals surface area contributed by atoms with E-state index in [0.29, 0.717) is 11.6 Å². The minimum Gasteiger partial charge on any atom is -0.348 e. The first-order chi connectivity index (χ1) is 13.1. The topological polar surface area (TPSA) is 37.3 Å². The number of fused-ring (bicyclic) bond motifs is 1. The summed E-state index contributed by atoms with van der Waals surface area (Å²) in [5.74, 6) is 0. The molecule has 0 aliphatic carbocycles. The minimum absolute atomic E-state index is 0.00271. The van der Waals surface area contributed by atoms with Crippen molar-refractivity contribution in [1.29, 1.82) is 0 Å². The van der Waals surface area contributed by atoms with Gasteiger partial charge in [0.05, 0.1) is 6.04 Å². The summed E-state index contributed by atoms with van der Waals surface area (Å²) in [6.07, 6.45) is 2.87. The van der Waals surface area contributed by atoms with Gasteiger partial charge in [0.25, 0.3) is 0 Å². The number of hydrogen-bond acceptors (Lipinski definition) is 1. The third kappa shape index (κ3) is 3.71. The van der Waals surface area contributed by atoms with Crippen LogP contribution in [0.25, 0.3) is 0 Å². The number of carbonyl (C=O) groups is 1. The van der Waals surface area contributed by atoms with Gasteiger partial charge in [-0.15, -0.1) is 0 Å². The van der Waals surface area contributed by atoms with E-state index in [2.05, 4.69) is 40.3 Å². The quantitative estimate of drug-likeness (QED) is 0.660. The minimum atomic E-state index is -0.0942. The molecule has 1 aliphatic heterocycles. The number of benzene rings is 2. The van der Waals surface area contributed by atoms with Gasteiger partial charge in [-0.05, 0) is 48.7 Å². The first-order valence-corrected chi connectivity index (χ1v) is 9.52. The van der Waals surface area contributed by atoms with Gasteiger partial charge in [-0.1, -0.05) is 48.0 Å². The first kappa shape index (κ1) is 17.7. The molecule has 2 amide bonds. The second kappa shape index (κ2) is 7.49. The summed E-state index contributed by atoms with van der Waals surface area (Å²) in [7, 11) is 0. The van der Waals surface area contributed by atoms with Crippen LogP contribution in [-0.4, -0.2) is 22.0 Å². The summed E-state index contributed by atoms with van der Waals surface area (Å²) in [4.78, 5) is 15.0. The smallest absolute Gasteiger partial charge is 0.322 e. The van der Waals surface area contributed by atoms with Crippen molar-refractivity contribution in [2.24, 2.45) is 0 Å². The molecular formula is C22H22ClN3O. The number of urea groups is 1. The number of anilines is 1. The molecule has 0 bridgehead atoms. The van der Waals surface area contributed by atoms with Crippen molar-refractivity contribution in [3.05, 3.63) is 88.7 Å². The highest BCUT2D eigenvalue weighted by atomic mass is 35.5. The molecule has 3 aromatic rings. The Morgan fingerprint density at radius 1 is 1.11 bits per heavy atom. The molecule has 4 rings (SSSR count). The molecule has 0 unspecified atom stereocenters. The van der Waals surface area contributed by atoms with Crippen LogP contribution in [0.2, 0.25) is 5.02 Å². The fourth-order valence-corrected chi connectivity index (χ4v) is 3.81. The van der Waals surface area contributed by atoms with Gasteiger partial charge in [-0.2, -0.15) is 0 Å². The summed E-state index contributed by atoms with van der Waals surface area (Å²) >= 11 is 6.20. The van der Waals surface area contributed by atoms with E-state index in [1.165, 1.54) is 11.3 Å². The molecule has 2 aromatic carbocycles. The molecule has 138 valence electrons. The molecule has 0 saturated heterocycles. The zero-order chi connectivity index (χ0) is 18.8. The van der Waals surface area contributed by atoms with Crippen LogP contribution in [0.15, 0.2) is 66.9 Å². The van der Waals surface area contributed by atoms with Crippen LogP contribution in [0.1, 0.15) is 22.9 Å². The molecule has 1 aliphatic rings. The molecule has 1 N–H and O–H groups in total. The molecule has 0 saturated carbocycles. The molecule has 5 heteroatoms. The lowest BCUT2D eigenvalue weighted by atomic mass is 10.0. The standard InChI is InChI=1S/C22H22ClN3O/c1-16-9-10-18(15-19(16)23)24-22(27)26-13-12-25-11-5-8-20(25)21(26)14-17-6-3-2-4-7-17/h2-11,15,21H,12-14H2,1H3,(H,24,27)/t21-/m1/s1. The number of hydrogen-bond donors (Lipinski definition) is 1. The second-order valence-corrected chi connectivity index (χ2v) is 7.33. The fourth-order valence-electron chi connectivity index (χ4n) is 3.63. The van der Waals surface area contributed by atoms with Crippen molar-refractivity contribution in [3.63, 3.8) is 0 Å². The maximum Gasteiger partial charge on any atom is 0.322 e. The molecule has 0 radical (unpaired) electrons. The van der Waals surface area contributed by atoms with E-state index in [1.807, 2.05) is 42.2 Å². The molecule has 1 aromatic heterocycles. The van der Waals surface area contributed by atoms with E-state index in [9.17, 15) is 4.79 Å². The van der Waals surface area contributed by atoms with Crippen molar-refractivity contribution in [2.45, 2.75) is 25.9 Å². The summed E-state index contributed by atoms with van der Waals surface area (Å²) in [6.45, 7) is 3.42. The molecule has 27 heavy (non-hydrogen) atoms. The molecule has 1 atom stereocenters. The molecular weight excluding hydrogens is 358 g/mol. The van der Waals surface area contributed by atoms with E-state index in [1.54, 1.807) is 6.07 Å². The van der Waals surface area contributed by atoms with Crippen LogP contribution in [0.3, 0.4) is 0 Å². The summed E-state index contributed by atoms with van der Waals surface area (Å²) in [5.41, 5.74) is 4.10. The Morgan fingerprint density at radius 2 is 1.93 bits per heavy atom. The monoisotopic (exact) mass is 379 g/mol. The zero-order valence-corrected chi connectivity index (χ0v) is 16.0. The first-order valence-electron chi connectivity index (χ1n) is 9.14. The average molecular weight is 380 g/mol. The predicted molar refractivity (Wildman–Crippen MR) is 109 cm³/mol. The third-order valence-electron chi connectivity index (χ3n) is 5.12. The third-order valence-corrected chi connectivity index (χ3v) is 5.53. The van der Waals surface area contributed by atoms with Gasteiger partial charge in [0.15, 0.2) is 0 Å². The summed E-state index contributed by atoms with van der Waals surface area (Å²) in [6, 6.07) is 20.0. The van der Waals surface area contributed by atoms with Crippen molar-refractivity contribution in [3.8, 4) is 0 Å². The number of aromatic nitrogens is 1. The number of rotatable bonds is 3. The van der Waals surface area contributed by atoms with Gasteiger partial charge in [0.1, 0.15) is 0 Å². The maximum atomic E-state index is 13.1. The Morgan fingerprint density at radius 3 is 2.70 bits per heavy atom. The van der Waals surface area contributed by atoms with Crippen LogP contribution in [0, 0.1) is 6.92 Å². The van der Waals surface area contributed by atoms with Gasteiger partial charge < -0.3 is 14.8 Å². The number of nitrogens with zero attached hydrogens (tertiary/aromatic N) is 2. The van der Waals surface area contributed by atoms with Gasteiger partial charge in [0.2, 0.25) is 0 Å². The number of amides is 2. The summed E-state index contributed by atoms with van der Waals surface area (Å²) in [5, 5.41) is 3.67. The van der Waals surface area contributed by atoms with Crippen molar-refractivity contribution < 1.29 is 4.79 Å². The van der Waals surface area contributed by atoms with Crippen LogP contribution in [0.5, 0.6) is 0 Å².